The fourth-order valence-electron chi connectivity index (χ4n) is 14.0. The molecule has 5 fully saturated rings. The third-order valence-corrected chi connectivity index (χ3v) is 17.0. The van der Waals surface area contributed by atoms with Gasteiger partial charge in [-0.15, -0.1) is 0 Å². The van der Waals surface area contributed by atoms with Gasteiger partial charge in [0.05, 0.1) is 17.3 Å². The Kier molecular flexibility index (Phi) is 13.9. The van der Waals surface area contributed by atoms with Crippen LogP contribution in [0.2, 0.25) is 0 Å². The van der Waals surface area contributed by atoms with Crippen LogP contribution in [0.5, 0.6) is 0 Å². The lowest BCUT2D eigenvalue weighted by atomic mass is 9.35. The smallest absolute Gasteiger partial charge is 0.306 e. The van der Waals surface area contributed by atoms with Crippen LogP contribution in [-0.4, -0.2) is 34.5 Å². The molecule has 52 heavy (non-hydrogen) atoms. The average molecular weight is 725 g/mol. The molecule has 4 saturated carbocycles. The van der Waals surface area contributed by atoms with Crippen LogP contribution in [0.4, 0.5) is 0 Å². The number of esters is 1. The first-order chi connectivity index (χ1) is 24.5. The van der Waals surface area contributed by atoms with Crippen molar-refractivity contribution >= 4 is 5.97 Å². The highest BCUT2D eigenvalue weighted by Crippen LogP contribution is 2.76. The summed E-state index contributed by atoms with van der Waals surface area (Å²) >= 11 is 0. The van der Waals surface area contributed by atoms with E-state index in [-0.39, 0.29) is 51.0 Å². The van der Waals surface area contributed by atoms with E-state index in [9.17, 15) is 9.90 Å². The van der Waals surface area contributed by atoms with Gasteiger partial charge in [0.2, 0.25) is 0 Å². The third-order valence-electron chi connectivity index (χ3n) is 17.0. The molecular weight excluding hydrogens is 641 g/mol. The summed E-state index contributed by atoms with van der Waals surface area (Å²) in [5.74, 6) is 1.71. The second kappa shape index (κ2) is 17.1. The van der Waals surface area contributed by atoms with Gasteiger partial charge < -0.3 is 14.6 Å². The van der Waals surface area contributed by atoms with Crippen LogP contribution in [0.25, 0.3) is 0 Å². The van der Waals surface area contributed by atoms with Crippen LogP contribution >= 0.6 is 0 Å². The summed E-state index contributed by atoms with van der Waals surface area (Å²) in [4.78, 5) is 13.2. The first-order valence-corrected chi connectivity index (χ1v) is 22.8. The lowest BCUT2D eigenvalue weighted by molar-refractivity contribution is -0.259. The van der Waals surface area contributed by atoms with Crippen molar-refractivity contribution < 1.29 is 19.4 Å². The van der Waals surface area contributed by atoms with E-state index in [2.05, 4.69) is 74.5 Å². The molecule has 0 amide bonds. The Bertz CT molecular complexity index is 1190. The molecule has 4 nitrogen and oxygen atoms in total. The van der Waals surface area contributed by atoms with Crippen molar-refractivity contribution in [2.24, 2.45) is 45.3 Å². The number of hydrogen-bond donors (Lipinski definition) is 1. The number of rotatable bonds is 17. The largest absolute Gasteiger partial charge is 0.462 e. The summed E-state index contributed by atoms with van der Waals surface area (Å²) in [6.45, 7) is 21.8. The van der Waals surface area contributed by atoms with E-state index >= 15 is 0 Å². The molecule has 1 aliphatic heterocycles. The van der Waals surface area contributed by atoms with Crippen LogP contribution < -0.4 is 0 Å². The summed E-state index contributed by atoms with van der Waals surface area (Å²) < 4.78 is 13.3. The van der Waals surface area contributed by atoms with Gasteiger partial charge in [-0.3, -0.25) is 4.79 Å². The van der Waals surface area contributed by atoms with E-state index in [1.54, 1.807) is 0 Å². The number of carbonyl (C=O) groups is 1. The molecule has 0 spiro atoms. The van der Waals surface area contributed by atoms with Crippen molar-refractivity contribution in [3.63, 3.8) is 0 Å². The Balaban J connectivity index is 1.09. The second-order valence-corrected chi connectivity index (χ2v) is 21.2. The van der Waals surface area contributed by atoms with Gasteiger partial charge in [0.1, 0.15) is 6.10 Å². The van der Waals surface area contributed by atoms with Crippen molar-refractivity contribution in [1.29, 1.82) is 0 Å². The number of aliphatic hydroxyl groups excluding tert-OH is 1. The van der Waals surface area contributed by atoms with E-state index in [1.165, 1.54) is 103 Å². The summed E-state index contributed by atoms with van der Waals surface area (Å²) in [6.07, 6.45) is 32.7. The molecule has 1 heterocycles. The highest BCUT2D eigenvalue weighted by Gasteiger charge is 2.72. The highest BCUT2D eigenvalue weighted by atomic mass is 16.5. The molecule has 1 N–H and O–H groups in total. The third kappa shape index (κ3) is 8.59. The first kappa shape index (κ1) is 42.3. The van der Waals surface area contributed by atoms with E-state index < -0.39 is 0 Å². The summed E-state index contributed by atoms with van der Waals surface area (Å²) in [5, 5.41) is 12.3. The molecule has 5 rings (SSSR count). The second-order valence-electron chi connectivity index (χ2n) is 21.2. The maximum absolute atomic E-state index is 13.2. The maximum Gasteiger partial charge on any atom is 0.306 e. The van der Waals surface area contributed by atoms with Gasteiger partial charge in [-0.25, -0.2) is 0 Å². The molecule has 4 heteroatoms. The standard InChI is InChI=1S/C48H84O4/c1-10-11-12-13-14-15-16-17-18-19-20-21-22-23-24-26-41(50)51-40-29-32-45(6)38(44(40,4)5)28-34-46(7)39(45)35-37(49)42-36(27-33-47(42,46)8)48(9)31-25-30-43(2,3)52-48/h17-18,36-40,42,49H,10-16,19-35H2,1-9H3/b18-17+/t36-,37+,38-,39+,40-,42-,45-,46+,47+,48+/m0/s1. The quantitative estimate of drug-likeness (QED) is 0.0922. The monoisotopic (exact) mass is 725 g/mol. The molecule has 10 atom stereocenters. The Hall–Kier alpha value is -0.870. The number of carbonyl (C=O) groups excluding carboxylic acids is 1. The maximum atomic E-state index is 13.2. The minimum Gasteiger partial charge on any atom is -0.462 e. The normalized spacial score (nSPS) is 41.0. The molecule has 0 aromatic rings. The van der Waals surface area contributed by atoms with Crippen molar-refractivity contribution in [1.82, 2.24) is 0 Å². The van der Waals surface area contributed by atoms with E-state index in [1.807, 2.05) is 0 Å². The van der Waals surface area contributed by atoms with Gasteiger partial charge in [-0.1, -0.05) is 105 Å². The summed E-state index contributed by atoms with van der Waals surface area (Å²) in [6, 6.07) is 0. The van der Waals surface area contributed by atoms with E-state index in [0.717, 1.165) is 44.9 Å². The molecule has 0 aromatic carbocycles. The van der Waals surface area contributed by atoms with E-state index in [0.29, 0.717) is 30.1 Å². The van der Waals surface area contributed by atoms with Crippen LogP contribution in [-0.2, 0) is 14.3 Å². The van der Waals surface area contributed by atoms with Crippen molar-refractivity contribution in [3.8, 4) is 0 Å². The van der Waals surface area contributed by atoms with Gasteiger partial charge in [-0.2, -0.15) is 0 Å². The van der Waals surface area contributed by atoms with Gasteiger partial charge in [0.25, 0.3) is 0 Å². The number of hydrogen-bond acceptors (Lipinski definition) is 4. The molecule has 0 bridgehead atoms. The number of allylic oxidation sites excluding steroid dienone is 2. The highest BCUT2D eigenvalue weighted by molar-refractivity contribution is 5.69. The number of ether oxygens (including phenoxy) is 2. The Morgan fingerprint density at radius 2 is 1.33 bits per heavy atom. The molecule has 0 radical (unpaired) electrons. The van der Waals surface area contributed by atoms with Gasteiger partial charge in [0, 0.05) is 11.8 Å². The zero-order chi connectivity index (χ0) is 37.8. The lowest BCUT2D eigenvalue weighted by Crippen LogP contribution is -2.67. The molecule has 300 valence electrons. The molecule has 5 aliphatic rings. The summed E-state index contributed by atoms with van der Waals surface area (Å²) in [7, 11) is 0. The van der Waals surface area contributed by atoms with Crippen LogP contribution in [0.3, 0.4) is 0 Å². The Morgan fingerprint density at radius 3 is 1.98 bits per heavy atom. The van der Waals surface area contributed by atoms with Gasteiger partial charge in [0.15, 0.2) is 0 Å². The van der Waals surface area contributed by atoms with Crippen LogP contribution in [0.1, 0.15) is 216 Å². The number of unbranched alkanes of at least 4 members (excludes halogenated alkanes) is 11. The number of aliphatic hydroxyl groups is 1. The Morgan fingerprint density at radius 1 is 0.712 bits per heavy atom. The van der Waals surface area contributed by atoms with Gasteiger partial charge in [-0.05, 0) is 157 Å². The average Bonchev–Trinajstić information content (AvgIpc) is 3.45. The molecule has 4 aliphatic carbocycles. The fourth-order valence-corrected chi connectivity index (χ4v) is 14.0. The molecule has 0 unspecified atom stereocenters. The molecule has 0 aromatic heterocycles. The van der Waals surface area contributed by atoms with Crippen LogP contribution in [0, 0.1) is 45.3 Å². The number of fused-ring (bicyclic) bond motifs is 5. The van der Waals surface area contributed by atoms with Crippen LogP contribution in [0.15, 0.2) is 12.2 Å². The summed E-state index contributed by atoms with van der Waals surface area (Å²) in [5.41, 5.74) is 0.149. The van der Waals surface area contributed by atoms with E-state index in [4.69, 9.17) is 9.47 Å². The van der Waals surface area contributed by atoms with Crippen molar-refractivity contribution in [2.45, 2.75) is 240 Å². The van der Waals surface area contributed by atoms with Crippen molar-refractivity contribution in [3.05, 3.63) is 12.2 Å². The van der Waals surface area contributed by atoms with Crippen molar-refractivity contribution in [2.75, 3.05) is 0 Å². The molecule has 1 saturated heterocycles. The van der Waals surface area contributed by atoms with Gasteiger partial charge >= 0.3 is 5.97 Å². The zero-order valence-corrected chi connectivity index (χ0v) is 35.8. The minimum absolute atomic E-state index is 0.00924. The topological polar surface area (TPSA) is 55.8 Å². The predicted octanol–water partition coefficient (Wildman–Crippen LogP) is 13.3. The predicted molar refractivity (Wildman–Crippen MR) is 217 cm³/mol. The Labute approximate surface area is 321 Å². The SMILES string of the molecule is CCCCCCCC/C=C/CCCCCCCC(=O)O[C@H]1CC[C@]2(C)[C@H]3C[C@@H](O)[C@@H]4[C@@H]([C@@]5(C)CCCC(C)(C)O5)CC[C@@]4(C)[C@]3(C)CC[C@H]2C1(C)C. The fraction of sp³-hybridized carbons (Fsp3) is 0.938. The minimum atomic E-state index is -0.276. The molecular formula is C48H84O4. The first-order valence-electron chi connectivity index (χ1n) is 22.8. The lowest BCUT2D eigenvalue weighted by Gasteiger charge is -2.70. The zero-order valence-electron chi connectivity index (χ0n) is 35.8.